The van der Waals surface area contributed by atoms with Crippen LogP contribution in [0.25, 0.3) is 0 Å². The monoisotopic (exact) mass is 253 g/mol. The van der Waals surface area contributed by atoms with Crippen LogP contribution in [0.1, 0.15) is 39.5 Å². The summed E-state index contributed by atoms with van der Waals surface area (Å²) in [4.78, 5) is 11.3. The van der Waals surface area contributed by atoms with E-state index in [1.54, 1.807) is 0 Å². The summed E-state index contributed by atoms with van der Waals surface area (Å²) in [5.74, 6) is -0.668. The number of rotatable bonds is 8. The second kappa shape index (κ2) is 7.60. The van der Waals surface area contributed by atoms with Gasteiger partial charge in [-0.15, -0.1) is 0 Å². The lowest BCUT2D eigenvalue weighted by Crippen LogP contribution is -2.33. The van der Waals surface area contributed by atoms with Gasteiger partial charge in [0.2, 0.25) is 15.9 Å². The normalized spacial score (nSPS) is 13.4. The maximum Gasteiger partial charge on any atom is 0.234 e. The average molecular weight is 253 g/mol. The van der Waals surface area contributed by atoms with E-state index in [2.05, 4.69) is 0 Å². The van der Waals surface area contributed by atoms with Gasteiger partial charge in [0.05, 0.1) is 12.4 Å². The summed E-state index contributed by atoms with van der Waals surface area (Å²) in [5.41, 5.74) is 0. The van der Waals surface area contributed by atoms with Crippen molar-refractivity contribution in [3.63, 3.8) is 0 Å². The number of carbonyl (C=O) groups is 1. The van der Waals surface area contributed by atoms with Crippen molar-refractivity contribution in [1.29, 1.82) is 0 Å². The molecule has 0 saturated heterocycles. The van der Waals surface area contributed by atoms with Gasteiger partial charge in [-0.25, -0.2) is 8.42 Å². The highest BCUT2D eigenvalue weighted by Gasteiger charge is 2.16. The van der Waals surface area contributed by atoms with Crippen molar-refractivity contribution in [2.45, 2.75) is 39.5 Å². The van der Waals surface area contributed by atoms with E-state index in [1.165, 1.54) is 0 Å². The number of amides is 1. The van der Waals surface area contributed by atoms with Crippen LogP contribution in [0.2, 0.25) is 0 Å². The molecule has 0 aromatic rings. The highest BCUT2D eigenvalue weighted by molar-refractivity contribution is 7.90. The molecule has 16 heavy (non-hydrogen) atoms. The van der Waals surface area contributed by atoms with Gasteiger partial charge in [0.25, 0.3) is 0 Å². The first-order valence-corrected chi connectivity index (χ1v) is 7.15. The van der Waals surface area contributed by atoms with E-state index in [0.29, 0.717) is 0 Å². The number of nitrogens with one attached hydrogen (secondary N) is 1. The van der Waals surface area contributed by atoms with Crippen molar-refractivity contribution < 1.29 is 17.6 Å². The van der Waals surface area contributed by atoms with E-state index >= 15 is 0 Å². The standard InChI is InChI=1S/C10H20FNO3S/c1-3-5-9(2)8-10(13)12-16(14,15)7-4-6-11/h9H,3-8H2,1-2H3,(H,12,13)/t9-/m0/s1. The summed E-state index contributed by atoms with van der Waals surface area (Å²) < 4.78 is 36.2. The van der Waals surface area contributed by atoms with Gasteiger partial charge < -0.3 is 0 Å². The average Bonchev–Trinajstić information content (AvgIpc) is 2.13. The SMILES string of the molecule is CCC[C@H](C)CC(=O)NS(=O)(=O)CCCF. The predicted molar refractivity (Wildman–Crippen MR) is 61.2 cm³/mol. The molecule has 4 nitrogen and oxygen atoms in total. The Hall–Kier alpha value is -0.650. The molecule has 1 amide bonds. The Kier molecular flexibility index (Phi) is 7.29. The molecule has 0 bridgehead atoms. The molecule has 0 saturated carbocycles. The van der Waals surface area contributed by atoms with Gasteiger partial charge in [0.15, 0.2) is 0 Å². The Morgan fingerprint density at radius 3 is 2.56 bits per heavy atom. The van der Waals surface area contributed by atoms with Crippen LogP contribution < -0.4 is 4.72 Å². The molecule has 0 aliphatic rings. The van der Waals surface area contributed by atoms with Gasteiger partial charge in [-0.2, -0.15) is 0 Å². The van der Waals surface area contributed by atoms with Gasteiger partial charge in [0.1, 0.15) is 0 Å². The molecule has 0 aliphatic carbocycles. The Labute approximate surface area is 96.7 Å². The van der Waals surface area contributed by atoms with Crippen LogP contribution >= 0.6 is 0 Å². The predicted octanol–water partition coefficient (Wildman–Crippen LogP) is 1.62. The number of hydrogen-bond donors (Lipinski definition) is 1. The first-order valence-electron chi connectivity index (χ1n) is 5.50. The molecule has 0 fully saturated rings. The molecule has 1 atom stereocenters. The number of sulfonamides is 1. The highest BCUT2D eigenvalue weighted by Crippen LogP contribution is 2.09. The lowest BCUT2D eigenvalue weighted by Gasteiger charge is -2.10. The third kappa shape index (κ3) is 7.62. The van der Waals surface area contributed by atoms with Crippen LogP contribution in [0.5, 0.6) is 0 Å². The van der Waals surface area contributed by atoms with Crippen LogP contribution in [0.15, 0.2) is 0 Å². The van der Waals surface area contributed by atoms with E-state index in [4.69, 9.17) is 0 Å². The smallest absolute Gasteiger partial charge is 0.234 e. The summed E-state index contributed by atoms with van der Waals surface area (Å²) in [7, 11) is -3.64. The zero-order chi connectivity index (χ0) is 12.6. The Morgan fingerprint density at radius 2 is 2.06 bits per heavy atom. The second-order valence-electron chi connectivity index (χ2n) is 3.98. The fraction of sp³-hybridized carbons (Fsp3) is 0.900. The molecular formula is C10H20FNO3S. The minimum Gasteiger partial charge on any atom is -0.274 e. The topological polar surface area (TPSA) is 63.2 Å². The van der Waals surface area contributed by atoms with E-state index in [9.17, 15) is 17.6 Å². The van der Waals surface area contributed by atoms with Crippen molar-refractivity contribution in [3.05, 3.63) is 0 Å². The summed E-state index contributed by atoms with van der Waals surface area (Å²) in [6, 6.07) is 0. The van der Waals surface area contributed by atoms with Crippen molar-refractivity contribution in [2.24, 2.45) is 5.92 Å². The van der Waals surface area contributed by atoms with Gasteiger partial charge in [-0.1, -0.05) is 26.7 Å². The first-order chi connectivity index (χ1) is 7.41. The molecule has 0 spiro atoms. The van der Waals surface area contributed by atoms with Crippen molar-refractivity contribution in [1.82, 2.24) is 4.72 Å². The summed E-state index contributed by atoms with van der Waals surface area (Å²) >= 11 is 0. The summed E-state index contributed by atoms with van der Waals surface area (Å²) in [6.07, 6.45) is 1.97. The zero-order valence-corrected chi connectivity index (χ0v) is 10.6. The number of carbonyl (C=O) groups excluding carboxylic acids is 1. The minimum atomic E-state index is -3.64. The Bertz CT molecular complexity index is 303. The molecular weight excluding hydrogens is 233 g/mol. The highest BCUT2D eigenvalue weighted by atomic mass is 32.2. The minimum absolute atomic E-state index is 0.0763. The van der Waals surface area contributed by atoms with Crippen LogP contribution in [-0.4, -0.2) is 26.8 Å². The van der Waals surface area contributed by atoms with Gasteiger partial charge >= 0.3 is 0 Å². The van der Waals surface area contributed by atoms with Crippen LogP contribution in [0, 0.1) is 5.92 Å². The number of alkyl halides is 1. The van der Waals surface area contributed by atoms with Crippen LogP contribution in [0.4, 0.5) is 4.39 Å². The third-order valence-electron chi connectivity index (χ3n) is 2.13. The second-order valence-corrected chi connectivity index (χ2v) is 5.83. The van der Waals surface area contributed by atoms with Gasteiger partial charge in [-0.05, 0) is 12.3 Å². The summed E-state index contributed by atoms with van der Waals surface area (Å²) in [6.45, 7) is 3.21. The zero-order valence-electron chi connectivity index (χ0n) is 9.83. The van der Waals surface area contributed by atoms with Gasteiger partial charge in [0, 0.05) is 6.42 Å². The number of halogens is 1. The first kappa shape index (κ1) is 15.3. The molecule has 0 aromatic heterocycles. The van der Waals surface area contributed by atoms with E-state index in [-0.39, 0.29) is 24.5 Å². The van der Waals surface area contributed by atoms with E-state index in [1.807, 2.05) is 18.6 Å². The quantitative estimate of drug-likeness (QED) is 0.715. The lowest BCUT2D eigenvalue weighted by molar-refractivity contribution is -0.120. The van der Waals surface area contributed by atoms with Crippen molar-refractivity contribution in [2.75, 3.05) is 12.4 Å². The fourth-order valence-corrected chi connectivity index (χ4v) is 2.44. The number of hydrogen-bond acceptors (Lipinski definition) is 3. The molecule has 6 heteroatoms. The van der Waals surface area contributed by atoms with E-state index < -0.39 is 22.6 Å². The van der Waals surface area contributed by atoms with Crippen LogP contribution in [-0.2, 0) is 14.8 Å². The molecule has 0 radical (unpaired) electrons. The maximum absolute atomic E-state index is 11.8. The Morgan fingerprint density at radius 1 is 1.44 bits per heavy atom. The Balaban J connectivity index is 4.03. The molecule has 96 valence electrons. The molecule has 0 heterocycles. The molecule has 1 N–H and O–H groups in total. The van der Waals surface area contributed by atoms with Crippen LogP contribution in [0.3, 0.4) is 0 Å². The van der Waals surface area contributed by atoms with Gasteiger partial charge in [-0.3, -0.25) is 13.9 Å². The van der Waals surface area contributed by atoms with E-state index in [0.717, 1.165) is 12.8 Å². The lowest BCUT2D eigenvalue weighted by atomic mass is 10.0. The fourth-order valence-electron chi connectivity index (χ4n) is 1.42. The summed E-state index contributed by atoms with van der Waals surface area (Å²) in [5, 5.41) is 0. The molecule has 0 aromatic carbocycles. The van der Waals surface area contributed by atoms with Crippen molar-refractivity contribution >= 4 is 15.9 Å². The molecule has 0 unspecified atom stereocenters. The third-order valence-corrected chi connectivity index (χ3v) is 3.50. The molecule has 0 rings (SSSR count). The largest absolute Gasteiger partial charge is 0.274 e. The maximum atomic E-state index is 11.8. The molecule has 0 aliphatic heterocycles. The van der Waals surface area contributed by atoms with Crippen molar-refractivity contribution in [3.8, 4) is 0 Å².